The average Bonchev–Trinajstić information content (AvgIpc) is 3.04. The van der Waals surface area contributed by atoms with E-state index in [1.165, 1.54) is 28.9 Å². The number of carbonyl (C=O) groups is 2. The molecule has 0 unspecified atom stereocenters. The molecule has 1 aliphatic heterocycles. The van der Waals surface area contributed by atoms with Crippen LogP contribution < -0.4 is 0 Å². The van der Waals surface area contributed by atoms with Crippen molar-refractivity contribution in [2.24, 2.45) is 5.92 Å². The number of hydrogen-bond acceptors (Lipinski definition) is 5. The number of hydrogen-bond donors (Lipinski definition) is 0. The third-order valence-corrected chi connectivity index (χ3v) is 4.75. The first-order valence-electron chi connectivity index (χ1n) is 9.04. The summed E-state index contributed by atoms with van der Waals surface area (Å²) < 4.78 is 19.8. The van der Waals surface area contributed by atoms with Gasteiger partial charge in [0.05, 0.1) is 5.69 Å². The fourth-order valence-electron chi connectivity index (χ4n) is 3.05. The van der Waals surface area contributed by atoms with Gasteiger partial charge in [-0.25, -0.2) is 18.9 Å². The standard InChI is InChI=1S/C19H23FN4O3/c1-12-8-10-23(11-9-12)18(25)13(2)27-19(26)17-21-14(3)24(22-17)16-6-4-15(20)5-7-16/h4-7,12-13H,8-11H2,1-3H3/t13-/m1/s1. The predicted octanol–water partition coefficient (Wildman–Crippen LogP) is 2.52. The van der Waals surface area contributed by atoms with E-state index in [2.05, 4.69) is 17.0 Å². The second kappa shape index (κ2) is 7.85. The molecule has 1 amide bonds. The zero-order chi connectivity index (χ0) is 19.6. The molecule has 0 radical (unpaired) electrons. The third kappa shape index (κ3) is 4.32. The molecular formula is C19H23FN4O3. The van der Waals surface area contributed by atoms with Gasteiger partial charge in [0.25, 0.3) is 11.7 Å². The Morgan fingerprint density at radius 1 is 1.22 bits per heavy atom. The molecule has 1 aromatic heterocycles. The number of likely N-dealkylation sites (tertiary alicyclic amines) is 1. The van der Waals surface area contributed by atoms with Crippen LogP contribution in [0.4, 0.5) is 4.39 Å². The molecule has 7 nitrogen and oxygen atoms in total. The molecule has 0 N–H and O–H groups in total. The number of carbonyl (C=O) groups excluding carboxylic acids is 2. The Bertz CT molecular complexity index is 826. The maximum Gasteiger partial charge on any atom is 0.379 e. The number of aromatic nitrogens is 3. The molecule has 1 aromatic carbocycles. The van der Waals surface area contributed by atoms with Gasteiger partial charge in [-0.05, 0) is 56.9 Å². The molecule has 2 aromatic rings. The van der Waals surface area contributed by atoms with Crippen molar-refractivity contribution in [3.8, 4) is 5.69 Å². The maximum absolute atomic E-state index is 13.1. The Morgan fingerprint density at radius 3 is 2.48 bits per heavy atom. The zero-order valence-corrected chi connectivity index (χ0v) is 15.7. The van der Waals surface area contributed by atoms with E-state index in [0.29, 0.717) is 30.5 Å². The summed E-state index contributed by atoms with van der Waals surface area (Å²) in [4.78, 5) is 30.7. The highest BCUT2D eigenvalue weighted by Crippen LogP contribution is 2.17. The van der Waals surface area contributed by atoms with E-state index in [0.717, 1.165) is 12.8 Å². The van der Waals surface area contributed by atoms with Gasteiger partial charge < -0.3 is 9.64 Å². The summed E-state index contributed by atoms with van der Waals surface area (Å²) in [5.41, 5.74) is 0.576. The van der Waals surface area contributed by atoms with Crippen molar-refractivity contribution in [3.63, 3.8) is 0 Å². The minimum Gasteiger partial charge on any atom is -0.447 e. The highest BCUT2D eigenvalue weighted by molar-refractivity contribution is 5.89. The number of rotatable bonds is 4. The Balaban J connectivity index is 1.66. The fraction of sp³-hybridized carbons (Fsp3) is 0.474. The molecule has 1 fully saturated rings. The molecule has 2 heterocycles. The first-order valence-corrected chi connectivity index (χ1v) is 9.04. The van der Waals surface area contributed by atoms with Crippen molar-refractivity contribution in [2.45, 2.75) is 39.7 Å². The number of ether oxygens (including phenoxy) is 1. The number of amides is 1. The topological polar surface area (TPSA) is 77.3 Å². The van der Waals surface area contributed by atoms with Crippen LogP contribution in [-0.4, -0.2) is 50.7 Å². The Labute approximate surface area is 157 Å². The van der Waals surface area contributed by atoms with Crippen molar-refractivity contribution in [1.82, 2.24) is 19.7 Å². The summed E-state index contributed by atoms with van der Waals surface area (Å²) in [6, 6.07) is 5.68. The van der Waals surface area contributed by atoms with E-state index in [-0.39, 0.29) is 17.5 Å². The van der Waals surface area contributed by atoms with Gasteiger partial charge in [0.15, 0.2) is 6.10 Å². The largest absolute Gasteiger partial charge is 0.447 e. The van der Waals surface area contributed by atoms with E-state index >= 15 is 0 Å². The van der Waals surface area contributed by atoms with Crippen LogP contribution in [0, 0.1) is 18.7 Å². The highest BCUT2D eigenvalue weighted by Gasteiger charge is 2.28. The van der Waals surface area contributed by atoms with Gasteiger partial charge in [0.1, 0.15) is 11.6 Å². The van der Waals surface area contributed by atoms with Gasteiger partial charge in [-0.2, -0.15) is 0 Å². The van der Waals surface area contributed by atoms with Crippen LogP contribution in [0.2, 0.25) is 0 Å². The molecular weight excluding hydrogens is 351 g/mol. The van der Waals surface area contributed by atoms with Gasteiger partial charge in [-0.3, -0.25) is 4.79 Å². The van der Waals surface area contributed by atoms with Gasteiger partial charge >= 0.3 is 5.97 Å². The molecule has 8 heteroatoms. The van der Waals surface area contributed by atoms with Crippen molar-refractivity contribution in [1.29, 1.82) is 0 Å². The van der Waals surface area contributed by atoms with Gasteiger partial charge in [-0.15, -0.1) is 5.10 Å². The molecule has 1 aliphatic rings. The van der Waals surface area contributed by atoms with Crippen LogP contribution >= 0.6 is 0 Å². The number of nitrogens with zero attached hydrogens (tertiary/aromatic N) is 4. The molecule has 3 rings (SSSR count). The van der Waals surface area contributed by atoms with Crippen LogP contribution in [0.15, 0.2) is 24.3 Å². The van der Waals surface area contributed by atoms with Crippen LogP contribution in [-0.2, 0) is 9.53 Å². The molecule has 0 spiro atoms. The number of benzene rings is 1. The first-order chi connectivity index (χ1) is 12.8. The molecule has 1 saturated heterocycles. The van der Waals surface area contributed by atoms with Crippen molar-refractivity contribution >= 4 is 11.9 Å². The second-order valence-electron chi connectivity index (χ2n) is 6.93. The Morgan fingerprint density at radius 2 is 1.85 bits per heavy atom. The summed E-state index contributed by atoms with van der Waals surface area (Å²) in [5.74, 6) is -0.401. The molecule has 144 valence electrons. The molecule has 0 bridgehead atoms. The molecule has 0 aliphatic carbocycles. The molecule has 0 saturated carbocycles. The van der Waals surface area contributed by atoms with Crippen LogP contribution in [0.5, 0.6) is 0 Å². The lowest BCUT2D eigenvalue weighted by atomic mass is 9.99. The van der Waals surface area contributed by atoms with Crippen LogP contribution in [0.3, 0.4) is 0 Å². The Kier molecular flexibility index (Phi) is 5.53. The summed E-state index contributed by atoms with van der Waals surface area (Å²) >= 11 is 0. The quantitative estimate of drug-likeness (QED) is 0.769. The lowest BCUT2D eigenvalue weighted by molar-refractivity contribution is -0.141. The van der Waals surface area contributed by atoms with E-state index < -0.39 is 12.1 Å². The lowest BCUT2D eigenvalue weighted by Crippen LogP contribution is -2.44. The van der Waals surface area contributed by atoms with Crippen LogP contribution in [0.25, 0.3) is 5.69 Å². The number of esters is 1. The summed E-state index contributed by atoms with van der Waals surface area (Å²) in [6.07, 6.45) is 1.01. The SMILES string of the molecule is Cc1nc(C(=O)O[C@H](C)C(=O)N2CCC(C)CC2)nn1-c1ccc(F)cc1. The van der Waals surface area contributed by atoms with Crippen molar-refractivity contribution < 1.29 is 18.7 Å². The minimum atomic E-state index is -0.899. The van der Waals surface area contributed by atoms with Crippen LogP contribution in [0.1, 0.15) is 43.1 Å². The highest BCUT2D eigenvalue weighted by atomic mass is 19.1. The zero-order valence-electron chi connectivity index (χ0n) is 15.7. The average molecular weight is 374 g/mol. The number of aryl methyl sites for hydroxylation is 1. The summed E-state index contributed by atoms with van der Waals surface area (Å²) in [7, 11) is 0. The van der Waals surface area contributed by atoms with E-state index in [1.54, 1.807) is 18.7 Å². The predicted molar refractivity (Wildman–Crippen MR) is 95.9 cm³/mol. The van der Waals surface area contributed by atoms with Gasteiger partial charge in [-0.1, -0.05) is 6.92 Å². The minimum absolute atomic E-state index is 0.135. The smallest absolute Gasteiger partial charge is 0.379 e. The van der Waals surface area contributed by atoms with Gasteiger partial charge in [0.2, 0.25) is 0 Å². The van der Waals surface area contributed by atoms with E-state index in [9.17, 15) is 14.0 Å². The normalized spacial score (nSPS) is 16.2. The lowest BCUT2D eigenvalue weighted by Gasteiger charge is -2.31. The molecule has 27 heavy (non-hydrogen) atoms. The first kappa shape index (κ1) is 19.0. The Hall–Kier alpha value is -2.77. The number of piperidine rings is 1. The van der Waals surface area contributed by atoms with E-state index in [4.69, 9.17) is 4.74 Å². The maximum atomic E-state index is 13.1. The number of halogens is 1. The summed E-state index contributed by atoms with van der Waals surface area (Å²) in [6.45, 7) is 6.76. The van der Waals surface area contributed by atoms with Crippen molar-refractivity contribution in [3.05, 3.63) is 41.7 Å². The molecule has 1 atom stereocenters. The monoisotopic (exact) mass is 374 g/mol. The second-order valence-corrected chi connectivity index (χ2v) is 6.93. The van der Waals surface area contributed by atoms with Gasteiger partial charge in [0, 0.05) is 13.1 Å². The van der Waals surface area contributed by atoms with Crippen molar-refractivity contribution in [2.75, 3.05) is 13.1 Å². The summed E-state index contributed by atoms with van der Waals surface area (Å²) in [5, 5.41) is 4.13. The third-order valence-electron chi connectivity index (χ3n) is 4.75. The van der Waals surface area contributed by atoms with E-state index in [1.807, 2.05) is 0 Å². The fourth-order valence-corrected chi connectivity index (χ4v) is 3.05.